The molecule has 2 aliphatic rings. The van der Waals surface area contributed by atoms with Gasteiger partial charge in [0.1, 0.15) is 16.5 Å². The molecule has 0 bridgehead atoms. The van der Waals surface area contributed by atoms with Crippen LogP contribution in [0.4, 0.5) is 5.82 Å². The Labute approximate surface area is 227 Å². The van der Waals surface area contributed by atoms with E-state index >= 15 is 0 Å². The number of hydrogen-bond donors (Lipinski definition) is 1. The number of carbonyl (C=O) groups is 1. The van der Waals surface area contributed by atoms with Crippen molar-refractivity contribution >= 4 is 27.5 Å². The Hall–Kier alpha value is -3.83. The lowest BCUT2D eigenvalue weighted by molar-refractivity contribution is -0.137. The maximum absolute atomic E-state index is 13.8. The third kappa shape index (κ3) is 4.55. The Morgan fingerprint density at radius 1 is 1.13 bits per heavy atom. The second-order valence-electron chi connectivity index (χ2n) is 10.4. The minimum atomic E-state index is -3.79. The average molecular weight is 547 g/mol. The van der Waals surface area contributed by atoms with Crippen LogP contribution in [-0.2, 0) is 21.4 Å². The lowest BCUT2D eigenvalue weighted by Crippen LogP contribution is -2.39. The molecule has 0 aliphatic carbocycles. The molecule has 3 aromatic heterocycles. The van der Waals surface area contributed by atoms with Gasteiger partial charge in [-0.15, -0.1) is 10.2 Å². The van der Waals surface area contributed by atoms with Gasteiger partial charge in [0, 0.05) is 44.0 Å². The van der Waals surface area contributed by atoms with E-state index in [0.717, 1.165) is 47.5 Å². The molecule has 11 heteroatoms. The molecule has 2 aliphatic heterocycles. The van der Waals surface area contributed by atoms with Gasteiger partial charge in [-0.2, -0.15) is 4.31 Å². The van der Waals surface area contributed by atoms with E-state index in [9.17, 15) is 18.3 Å². The summed E-state index contributed by atoms with van der Waals surface area (Å²) in [5, 5.41) is 18.1. The lowest BCUT2D eigenvalue weighted by atomic mass is 9.87. The number of anilines is 1. The first-order valence-corrected chi connectivity index (χ1v) is 14.5. The smallest absolute Gasteiger partial charge is 0.304 e. The van der Waals surface area contributed by atoms with Gasteiger partial charge in [0.25, 0.3) is 0 Å². The van der Waals surface area contributed by atoms with E-state index < -0.39 is 21.9 Å². The molecule has 0 spiro atoms. The molecule has 6 rings (SSSR count). The SMILES string of the molecule is Cc1ccc([C@@H](CC(=O)O)c2ccn3c(C)nnc3c2)cc1CN1CC2CCCN2c2ncccc2S1(=O)=O. The summed E-state index contributed by atoms with van der Waals surface area (Å²) in [5.74, 6) is -0.0613. The standard InChI is InChI=1S/C28H30N6O4S/c1-18-7-8-20(24(15-27(35)36)21-9-12-33-19(2)30-31-26(33)14-21)13-22(18)16-32-17-23-5-4-11-34(23)28-25(39(32,37)38)6-3-10-29-28/h3,6-10,12-14,23-24H,4-5,11,15-17H2,1-2H3,(H,35,36)/t23?,24-/m1/s1. The molecule has 1 unspecified atom stereocenters. The van der Waals surface area contributed by atoms with Gasteiger partial charge in [0.15, 0.2) is 5.65 Å². The van der Waals surface area contributed by atoms with Crippen molar-refractivity contribution in [1.82, 2.24) is 23.9 Å². The number of benzene rings is 1. The van der Waals surface area contributed by atoms with Crippen molar-refractivity contribution in [2.75, 3.05) is 18.0 Å². The number of carboxylic acids is 1. The minimum absolute atomic E-state index is 0.0671. The van der Waals surface area contributed by atoms with Crippen LogP contribution in [0.3, 0.4) is 0 Å². The molecule has 0 amide bonds. The number of aliphatic carboxylic acids is 1. The second-order valence-corrected chi connectivity index (χ2v) is 12.3. The van der Waals surface area contributed by atoms with Crippen molar-refractivity contribution in [3.8, 4) is 0 Å². The second kappa shape index (κ2) is 9.73. The molecule has 1 aromatic carbocycles. The van der Waals surface area contributed by atoms with Crippen LogP contribution in [-0.4, -0.2) is 62.5 Å². The van der Waals surface area contributed by atoms with Gasteiger partial charge in [0.2, 0.25) is 10.0 Å². The van der Waals surface area contributed by atoms with E-state index in [-0.39, 0.29) is 23.9 Å². The molecule has 10 nitrogen and oxygen atoms in total. The van der Waals surface area contributed by atoms with Crippen molar-refractivity contribution in [3.05, 3.63) is 82.9 Å². The van der Waals surface area contributed by atoms with Gasteiger partial charge in [-0.25, -0.2) is 13.4 Å². The van der Waals surface area contributed by atoms with Crippen LogP contribution in [0.15, 0.2) is 59.8 Å². The van der Waals surface area contributed by atoms with E-state index in [1.54, 1.807) is 22.6 Å². The van der Waals surface area contributed by atoms with Crippen LogP contribution < -0.4 is 4.90 Å². The van der Waals surface area contributed by atoms with Crippen LogP contribution >= 0.6 is 0 Å². The van der Waals surface area contributed by atoms with E-state index in [2.05, 4.69) is 20.1 Å². The van der Waals surface area contributed by atoms with Crippen molar-refractivity contribution < 1.29 is 18.3 Å². The van der Waals surface area contributed by atoms with Crippen LogP contribution in [0.1, 0.15) is 53.3 Å². The lowest BCUT2D eigenvalue weighted by Gasteiger charge is -2.26. The van der Waals surface area contributed by atoms with Crippen molar-refractivity contribution in [2.24, 2.45) is 0 Å². The number of nitrogens with zero attached hydrogens (tertiary/aromatic N) is 6. The summed E-state index contributed by atoms with van der Waals surface area (Å²) in [7, 11) is -3.79. The van der Waals surface area contributed by atoms with E-state index in [1.165, 1.54) is 0 Å². The first kappa shape index (κ1) is 25.4. The Kier molecular flexibility index (Phi) is 6.35. The quantitative estimate of drug-likeness (QED) is 0.390. The first-order chi connectivity index (χ1) is 18.7. The minimum Gasteiger partial charge on any atom is -0.481 e. The van der Waals surface area contributed by atoms with Gasteiger partial charge < -0.3 is 10.0 Å². The normalized spacial score (nSPS) is 19.4. The fraction of sp³-hybridized carbons (Fsp3) is 0.357. The number of aromatic nitrogens is 4. The number of rotatable bonds is 6. The number of pyridine rings is 2. The zero-order valence-corrected chi connectivity index (χ0v) is 22.7. The summed E-state index contributed by atoms with van der Waals surface area (Å²) in [6.07, 6.45) is 5.30. The number of hydrogen-bond acceptors (Lipinski definition) is 7. The van der Waals surface area contributed by atoms with Crippen molar-refractivity contribution in [3.63, 3.8) is 0 Å². The van der Waals surface area contributed by atoms with E-state index in [1.807, 2.05) is 54.8 Å². The third-order valence-electron chi connectivity index (χ3n) is 7.94. The zero-order valence-electron chi connectivity index (χ0n) is 21.9. The summed E-state index contributed by atoms with van der Waals surface area (Å²) in [4.78, 5) is 18.7. The largest absolute Gasteiger partial charge is 0.481 e. The average Bonchev–Trinajstić information content (AvgIpc) is 3.52. The molecule has 5 heterocycles. The predicted molar refractivity (Wildman–Crippen MR) is 145 cm³/mol. The maximum atomic E-state index is 13.8. The van der Waals surface area contributed by atoms with Crippen molar-refractivity contribution in [1.29, 1.82) is 0 Å². The molecule has 1 saturated heterocycles. The van der Waals surface area contributed by atoms with Crippen molar-refractivity contribution in [2.45, 2.75) is 56.5 Å². The van der Waals surface area contributed by atoms with E-state index in [0.29, 0.717) is 18.0 Å². The molecule has 202 valence electrons. The monoisotopic (exact) mass is 546 g/mol. The fourth-order valence-corrected chi connectivity index (χ4v) is 7.45. The van der Waals surface area contributed by atoms with Gasteiger partial charge in [-0.3, -0.25) is 9.20 Å². The Morgan fingerprint density at radius 2 is 1.95 bits per heavy atom. The highest BCUT2D eigenvalue weighted by Gasteiger charge is 2.40. The summed E-state index contributed by atoms with van der Waals surface area (Å²) >= 11 is 0. The maximum Gasteiger partial charge on any atom is 0.304 e. The van der Waals surface area contributed by atoms with Gasteiger partial charge in [0.05, 0.1) is 6.42 Å². The molecule has 1 N–H and O–H groups in total. The summed E-state index contributed by atoms with van der Waals surface area (Å²) in [6, 6.07) is 13.0. The Morgan fingerprint density at radius 3 is 2.77 bits per heavy atom. The summed E-state index contributed by atoms with van der Waals surface area (Å²) in [5.41, 5.74) is 4.08. The molecular formula is C28H30N6O4S. The highest BCUT2D eigenvalue weighted by Crippen LogP contribution is 2.37. The molecule has 4 aromatic rings. The van der Waals surface area contributed by atoms with Gasteiger partial charge >= 0.3 is 5.97 Å². The summed E-state index contributed by atoms with van der Waals surface area (Å²) < 4.78 is 31.1. The van der Waals surface area contributed by atoms with Crippen LogP contribution in [0.25, 0.3) is 5.65 Å². The fourth-order valence-electron chi connectivity index (χ4n) is 5.84. The topological polar surface area (TPSA) is 121 Å². The molecule has 0 radical (unpaired) electrons. The molecule has 1 fully saturated rings. The highest BCUT2D eigenvalue weighted by atomic mass is 32.2. The zero-order chi connectivity index (χ0) is 27.3. The number of fused-ring (bicyclic) bond motifs is 4. The Bertz CT molecular complexity index is 1680. The molecule has 39 heavy (non-hydrogen) atoms. The number of sulfonamides is 1. The van der Waals surface area contributed by atoms with Gasteiger partial charge in [-0.1, -0.05) is 18.2 Å². The highest BCUT2D eigenvalue weighted by molar-refractivity contribution is 7.89. The Balaban J connectivity index is 1.38. The molecule has 0 saturated carbocycles. The van der Waals surface area contributed by atoms with Gasteiger partial charge in [-0.05, 0) is 73.2 Å². The molecular weight excluding hydrogens is 516 g/mol. The third-order valence-corrected chi connectivity index (χ3v) is 9.77. The number of carboxylic acid groups (broad SMARTS) is 1. The molecule has 2 atom stereocenters. The number of aryl methyl sites for hydroxylation is 2. The van der Waals surface area contributed by atoms with E-state index in [4.69, 9.17) is 0 Å². The van der Waals surface area contributed by atoms with Crippen LogP contribution in [0.2, 0.25) is 0 Å². The first-order valence-electron chi connectivity index (χ1n) is 13.1. The predicted octanol–water partition coefficient (Wildman–Crippen LogP) is 3.52. The summed E-state index contributed by atoms with van der Waals surface area (Å²) in [6.45, 7) is 5.18. The van der Waals surface area contributed by atoms with Crippen LogP contribution in [0.5, 0.6) is 0 Å². The van der Waals surface area contributed by atoms with Crippen LogP contribution in [0, 0.1) is 13.8 Å².